The second kappa shape index (κ2) is 2.66. The molecule has 1 nitrogen and oxygen atoms in total. The zero-order chi connectivity index (χ0) is 9.69. The molecule has 0 bridgehead atoms. The van der Waals surface area contributed by atoms with Crippen LogP contribution in [-0.4, -0.2) is 18.0 Å². The van der Waals surface area contributed by atoms with Gasteiger partial charge in [0.25, 0.3) is 5.92 Å². The van der Waals surface area contributed by atoms with E-state index in [1.165, 1.54) is 6.42 Å². The maximum absolute atomic E-state index is 12.5. The number of rotatable bonds is 2. The molecular weight excluding hydrogens is 172 g/mol. The third-order valence-corrected chi connectivity index (χ3v) is 3.55. The molecule has 2 fully saturated rings. The molecule has 3 heteroatoms. The number of nitrogens with one attached hydrogen (secondary N) is 1. The summed E-state index contributed by atoms with van der Waals surface area (Å²) in [6.07, 6.45) is 2.45. The van der Waals surface area contributed by atoms with Crippen molar-refractivity contribution in [3.63, 3.8) is 0 Å². The summed E-state index contributed by atoms with van der Waals surface area (Å²) >= 11 is 0. The molecular formula is C10H17F2N. The molecule has 1 atom stereocenters. The van der Waals surface area contributed by atoms with Crippen LogP contribution in [0.1, 0.15) is 39.5 Å². The van der Waals surface area contributed by atoms with Gasteiger partial charge in [-0.3, -0.25) is 0 Å². The topological polar surface area (TPSA) is 12.0 Å². The lowest BCUT2D eigenvalue weighted by atomic mass is 9.66. The molecule has 2 aliphatic carbocycles. The van der Waals surface area contributed by atoms with Gasteiger partial charge in [0.05, 0.1) is 0 Å². The number of alkyl halides is 2. The Balaban J connectivity index is 1.76. The van der Waals surface area contributed by atoms with Crippen LogP contribution >= 0.6 is 0 Å². The molecule has 0 heterocycles. The van der Waals surface area contributed by atoms with Crippen molar-refractivity contribution >= 4 is 0 Å². The second-order valence-corrected chi connectivity index (χ2v) is 5.21. The molecule has 0 aromatic heterocycles. The molecule has 0 spiro atoms. The zero-order valence-corrected chi connectivity index (χ0v) is 8.24. The van der Waals surface area contributed by atoms with Crippen LogP contribution < -0.4 is 5.32 Å². The van der Waals surface area contributed by atoms with Crippen LogP contribution in [0.25, 0.3) is 0 Å². The maximum atomic E-state index is 12.5. The normalized spacial score (nSPS) is 36.5. The fourth-order valence-corrected chi connectivity index (χ4v) is 2.24. The molecule has 13 heavy (non-hydrogen) atoms. The average molecular weight is 189 g/mol. The third-order valence-electron chi connectivity index (χ3n) is 3.55. The van der Waals surface area contributed by atoms with Gasteiger partial charge in [0.1, 0.15) is 0 Å². The van der Waals surface area contributed by atoms with Crippen LogP contribution in [0.2, 0.25) is 0 Å². The van der Waals surface area contributed by atoms with Crippen LogP contribution in [0.4, 0.5) is 8.78 Å². The summed E-state index contributed by atoms with van der Waals surface area (Å²) in [5.74, 6) is -2.38. The first-order chi connectivity index (χ1) is 5.89. The quantitative estimate of drug-likeness (QED) is 0.704. The lowest BCUT2D eigenvalue weighted by Gasteiger charge is -2.49. The summed E-state index contributed by atoms with van der Waals surface area (Å²) in [7, 11) is 0. The van der Waals surface area contributed by atoms with Crippen molar-refractivity contribution < 1.29 is 8.78 Å². The summed E-state index contributed by atoms with van der Waals surface area (Å²) in [6.45, 7) is 4.40. The largest absolute Gasteiger partial charge is 0.310 e. The Kier molecular flexibility index (Phi) is 1.92. The number of hydrogen-bond acceptors (Lipinski definition) is 1. The summed E-state index contributed by atoms with van der Waals surface area (Å²) in [4.78, 5) is 0. The Hall–Kier alpha value is -0.180. The summed E-state index contributed by atoms with van der Waals surface area (Å²) in [6, 6.07) is 0.535. The molecule has 0 saturated heterocycles. The molecule has 0 aromatic rings. The maximum Gasteiger partial charge on any atom is 0.251 e. The third kappa shape index (κ3) is 1.71. The van der Waals surface area contributed by atoms with Gasteiger partial charge in [-0.15, -0.1) is 0 Å². The molecule has 2 saturated carbocycles. The molecule has 1 unspecified atom stereocenters. The van der Waals surface area contributed by atoms with Gasteiger partial charge in [0.2, 0.25) is 0 Å². The Labute approximate surface area is 77.9 Å². The van der Waals surface area contributed by atoms with Crippen molar-refractivity contribution in [2.24, 2.45) is 5.41 Å². The van der Waals surface area contributed by atoms with E-state index in [4.69, 9.17) is 0 Å². The predicted octanol–water partition coefficient (Wildman–Crippen LogP) is 2.56. The first-order valence-electron chi connectivity index (χ1n) is 5.03. The van der Waals surface area contributed by atoms with Crippen molar-refractivity contribution in [2.45, 2.75) is 57.5 Å². The van der Waals surface area contributed by atoms with E-state index in [0.717, 1.165) is 6.42 Å². The van der Waals surface area contributed by atoms with E-state index in [9.17, 15) is 8.78 Å². The highest BCUT2D eigenvalue weighted by atomic mass is 19.3. The van der Waals surface area contributed by atoms with Crippen molar-refractivity contribution in [1.29, 1.82) is 0 Å². The van der Waals surface area contributed by atoms with E-state index in [-0.39, 0.29) is 18.9 Å². The average Bonchev–Trinajstić information content (AvgIpc) is 1.94. The summed E-state index contributed by atoms with van der Waals surface area (Å²) < 4.78 is 25.0. The molecule has 2 rings (SSSR count). The molecule has 76 valence electrons. The van der Waals surface area contributed by atoms with E-state index in [1.54, 1.807) is 0 Å². The van der Waals surface area contributed by atoms with E-state index in [2.05, 4.69) is 19.2 Å². The highest BCUT2D eigenvalue weighted by Crippen LogP contribution is 2.43. The minimum absolute atomic E-state index is 0.0413. The smallest absolute Gasteiger partial charge is 0.251 e. The van der Waals surface area contributed by atoms with Crippen molar-refractivity contribution in [3.8, 4) is 0 Å². The summed E-state index contributed by atoms with van der Waals surface area (Å²) in [5, 5.41) is 3.32. The minimum Gasteiger partial charge on any atom is -0.310 e. The van der Waals surface area contributed by atoms with Gasteiger partial charge in [0.15, 0.2) is 0 Å². The van der Waals surface area contributed by atoms with Crippen LogP contribution in [-0.2, 0) is 0 Å². The number of hydrogen-bond donors (Lipinski definition) is 1. The Bertz CT molecular complexity index is 205. The van der Waals surface area contributed by atoms with Gasteiger partial charge in [-0.05, 0) is 18.3 Å². The lowest BCUT2D eigenvalue weighted by molar-refractivity contribution is -0.102. The van der Waals surface area contributed by atoms with Gasteiger partial charge >= 0.3 is 0 Å². The molecule has 0 aromatic carbocycles. The van der Waals surface area contributed by atoms with E-state index in [1.807, 2.05) is 0 Å². The highest BCUT2D eigenvalue weighted by Gasteiger charge is 2.48. The molecule has 1 N–H and O–H groups in total. The molecule has 0 amide bonds. The van der Waals surface area contributed by atoms with Gasteiger partial charge in [0, 0.05) is 24.9 Å². The van der Waals surface area contributed by atoms with Crippen LogP contribution in [0.3, 0.4) is 0 Å². The van der Waals surface area contributed by atoms with Crippen molar-refractivity contribution in [1.82, 2.24) is 5.32 Å². The first kappa shape index (κ1) is 9.38. The van der Waals surface area contributed by atoms with Gasteiger partial charge in [-0.1, -0.05) is 13.8 Å². The molecule has 2 aliphatic rings. The SMILES string of the molecule is CC1(C)CCC1NC1CC(F)(F)C1. The van der Waals surface area contributed by atoms with E-state index < -0.39 is 5.92 Å². The minimum atomic E-state index is -2.38. The standard InChI is InChI=1S/C10H17F2N/c1-9(2)4-3-8(9)13-7-5-10(11,12)6-7/h7-8,13H,3-6H2,1-2H3. The van der Waals surface area contributed by atoms with E-state index in [0.29, 0.717) is 11.5 Å². The van der Waals surface area contributed by atoms with Crippen LogP contribution in [0, 0.1) is 5.41 Å². The number of halogens is 2. The van der Waals surface area contributed by atoms with Gasteiger partial charge < -0.3 is 5.32 Å². The Morgan fingerprint density at radius 2 is 1.85 bits per heavy atom. The van der Waals surface area contributed by atoms with Gasteiger partial charge in [-0.25, -0.2) is 8.78 Å². The van der Waals surface area contributed by atoms with Crippen LogP contribution in [0.5, 0.6) is 0 Å². The monoisotopic (exact) mass is 189 g/mol. The van der Waals surface area contributed by atoms with Crippen molar-refractivity contribution in [3.05, 3.63) is 0 Å². The second-order valence-electron chi connectivity index (χ2n) is 5.21. The fourth-order valence-electron chi connectivity index (χ4n) is 2.24. The molecule has 0 aliphatic heterocycles. The lowest BCUT2D eigenvalue weighted by Crippen LogP contribution is -2.59. The van der Waals surface area contributed by atoms with E-state index >= 15 is 0 Å². The first-order valence-corrected chi connectivity index (χ1v) is 5.03. The predicted molar refractivity (Wildman–Crippen MR) is 47.9 cm³/mol. The van der Waals surface area contributed by atoms with Crippen LogP contribution in [0.15, 0.2) is 0 Å². The Morgan fingerprint density at radius 3 is 2.15 bits per heavy atom. The van der Waals surface area contributed by atoms with Gasteiger partial charge in [-0.2, -0.15) is 0 Å². The Morgan fingerprint density at radius 1 is 1.23 bits per heavy atom. The fraction of sp³-hybridized carbons (Fsp3) is 1.00. The summed E-state index contributed by atoms with van der Waals surface area (Å²) in [5.41, 5.74) is 0.324. The highest BCUT2D eigenvalue weighted by molar-refractivity contribution is 5.00. The van der Waals surface area contributed by atoms with Crippen molar-refractivity contribution in [2.75, 3.05) is 0 Å². The zero-order valence-electron chi connectivity index (χ0n) is 8.24. The molecule has 0 radical (unpaired) electrons.